The predicted molar refractivity (Wildman–Crippen MR) is 122 cm³/mol. The summed E-state index contributed by atoms with van der Waals surface area (Å²) in [5.74, 6) is -0.720. The van der Waals surface area contributed by atoms with Gasteiger partial charge in [-0.3, -0.25) is 4.79 Å². The van der Waals surface area contributed by atoms with Gasteiger partial charge in [0.05, 0.1) is 19.0 Å². The van der Waals surface area contributed by atoms with E-state index in [0.29, 0.717) is 17.7 Å². The van der Waals surface area contributed by atoms with E-state index in [-0.39, 0.29) is 5.91 Å². The second-order valence-electron chi connectivity index (χ2n) is 7.34. The highest BCUT2D eigenvalue weighted by Crippen LogP contribution is 2.24. The van der Waals surface area contributed by atoms with Gasteiger partial charge >= 0.3 is 5.97 Å². The minimum atomic E-state index is -0.471. The first-order chi connectivity index (χ1) is 15.6. The van der Waals surface area contributed by atoms with Gasteiger partial charge in [-0.05, 0) is 40.5 Å². The first-order valence-electron chi connectivity index (χ1n) is 10.2. The van der Waals surface area contributed by atoms with E-state index >= 15 is 0 Å². The number of methoxy groups -OCH3 is 1. The number of aromatic nitrogens is 2. The summed E-state index contributed by atoms with van der Waals surface area (Å²) in [5, 5.41) is 2.95. The first kappa shape index (κ1) is 21.1. The summed E-state index contributed by atoms with van der Waals surface area (Å²) < 4.78 is 6.75. The molecule has 0 spiro atoms. The van der Waals surface area contributed by atoms with E-state index in [1.54, 1.807) is 30.7 Å². The number of carbonyl (C=O) groups is 2. The third-order valence-electron chi connectivity index (χ3n) is 5.19. The van der Waals surface area contributed by atoms with Crippen molar-refractivity contribution in [3.63, 3.8) is 0 Å². The molecule has 160 valence electrons. The lowest BCUT2D eigenvalue weighted by atomic mass is 9.98. The van der Waals surface area contributed by atoms with Crippen molar-refractivity contribution in [2.75, 3.05) is 7.11 Å². The van der Waals surface area contributed by atoms with E-state index in [1.165, 1.54) is 18.7 Å². The summed E-state index contributed by atoms with van der Waals surface area (Å²) in [6.45, 7) is 1.14. The fourth-order valence-electron chi connectivity index (χ4n) is 3.52. The predicted octanol–water partition coefficient (Wildman–Crippen LogP) is 4.32. The van der Waals surface area contributed by atoms with Crippen molar-refractivity contribution in [3.05, 3.63) is 114 Å². The first-order valence-corrected chi connectivity index (χ1v) is 10.2. The normalized spacial score (nSPS) is 10.5. The van der Waals surface area contributed by atoms with Crippen LogP contribution in [0.1, 0.15) is 31.8 Å². The molecular weight excluding hydrogens is 402 g/mol. The minimum Gasteiger partial charge on any atom is -0.465 e. The third kappa shape index (κ3) is 4.92. The van der Waals surface area contributed by atoms with Crippen LogP contribution in [-0.4, -0.2) is 28.5 Å². The van der Waals surface area contributed by atoms with Crippen LogP contribution in [-0.2, 0) is 17.8 Å². The second-order valence-corrected chi connectivity index (χ2v) is 7.34. The molecule has 6 nitrogen and oxygen atoms in total. The second kappa shape index (κ2) is 9.75. The molecule has 0 fully saturated rings. The van der Waals surface area contributed by atoms with Gasteiger partial charge in [0.1, 0.15) is 0 Å². The van der Waals surface area contributed by atoms with Gasteiger partial charge in [-0.25, -0.2) is 9.78 Å². The zero-order valence-electron chi connectivity index (χ0n) is 17.7. The molecular formula is C26H23N3O3. The van der Waals surface area contributed by atoms with E-state index in [9.17, 15) is 9.59 Å². The number of rotatable bonds is 7. The number of carbonyl (C=O) groups excluding carboxylic acids is 2. The molecule has 3 aromatic carbocycles. The highest BCUT2D eigenvalue weighted by atomic mass is 16.5. The van der Waals surface area contributed by atoms with Gasteiger partial charge in [0.2, 0.25) is 0 Å². The molecule has 0 bridgehead atoms. The Balaban J connectivity index is 1.47. The van der Waals surface area contributed by atoms with Crippen LogP contribution in [0.2, 0.25) is 0 Å². The minimum absolute atomic E-state index is 0.249. The number of hydrogen-bond donors (Lipinski definition) is 1. The summed E-state index contributed by atoms with van der Waals surface area (Å²) in [7, 11) is 1.32. The largest absolute Gasteiger partial charge is 0.465 e. The maximum Gasteiger partial charge on any atom is 0.337 e. The molecule has 0 aliphatic heterocycles. The lowest BCUT2D eigenvalue weighted by Gasteiger charge is -2.12. The lowest BCUT2D eigenvalue weighted by Crippen LogP contribution is -2.23. The summed E-state index contributed by atoms with van der Waals surface area (Å²) in [4.78, 5) is 28.5. The topological polar surface area (TPSA) is 73.2 Å². The van der Waals surface area contributed by atoms with E-state index in [0.717, 1.165) is 23.2 Å². The molecule has 4 rings (SSSR count). The monoisotopic (exact) mass is 425 g/mol. The standard InChI is InChI=1S/C26H23N3O3/c1-32-26(31)22-7-4-6-21(15-22)25(30)28-16-23-5-2-3-8-24(23)20-11-9-19(10-12-20)17-29-14-13-27-18-29/h2-15,18H,16-17H2,1H3,(H,28,30). The molecule has 0 aliphatic rings. The maximum absolute atomic E-state index is 12.7. The van der Waals surface area contributed by atoms with Crippen molar-refractivity contribution in [2.45, 2.75) is 13.1 Å². The fourth-order valence-corrected chi connectivity index (χ4v) is 3.52. The Kier molecular flexibility index (Phi) is 6.41. The smallest absolute Gasteiger partial charge is 0.337 e. The molecule has 1 heterocycles. The molecule has 4 aromatic rings. The Morgan fingerprint density at radius 2 is 1.75 bits per heavy atom. The van der Waals surface area contributed by atoms with E-state index < -0.39 is 5.97 Å². The number of imidazole rings is 1. The van der Waals surface area contributed by atoms with Crippen molar-refractivity contribution in [3.8, 4) is 11.1 Å². The van der Waals surface area contributed by atoms with Gasteiger partial charge in [-0.2, -0.15) is 0 Å². The zero-order chi connectivity index (χ0) is 22.3. The maximum atomic E-state index is 12.7. The Morgan fingerprint density at radius 1 is 0.969 bits per heavy atom. The Hall–Kier alpha value is -4.19. The van der Waals surface area contributed by atoms with E-state index in [1.807, 2.05) is 35.0 Å². The molecule has 1 aromatic heterocycles. The van der Waals surface area contributed by atoms with Gasteiger partial charge in [-0.1, -0.05) is 54.6 Å². The molecule has 32 heavy (non-hydrogen) atoms. The van der Waals surface area contributed by atoms with Crippen LogP contribution < -0.4 is 5.32 Å². The zero-order valence-corrected chi connectivity index (χ0v) is 17.7. The van der Waals surface area contributed by atoms with Crippen LogP contribution in [0.15, 0.2) is 91.5 Å². The van der Waals surface area contributed by atoms with Gasteiger partial charge in [-0.15, -0.1) is 0 Å². The fraction of sp³-hybridized carbons (Fsp3) is 0.115. The van der Waals surface area contributed by atoms with Crippen LogP contribution in [0.5, 0.6) is 0 Å². The molecule has 0 radical (unpaired) electrons. The number of nitrogens with one attached hydrogen (secondary N) is 1. The lowest BCUT2D eigenvalue weighted by molar-refractivity contribution is 0.0600. The van der Waals surface area contributed by atoms with Gasteiger partial charge < -0.3 is 14.6 Å². The highest BCUT2D eigenvalue weighted by Gasteiger charge is 2.12. The highest BCUT2D eigenvalue weighted by molar-refractivity contribution is 5.97. The Bertz CT molecular complexity index is 1220. The summed E-state index contributed by atoms with van der Waals surface area (Å²) in [6, 6.07) is 22.9. The van der Waals surface area contributed by atoms with E-state index in [4.69, 9.17) is 4.74 Å². The number of nitrogens with zero attached hydrogens (tertiary/aromatic N) is 2. The number of esters is 1. The summed E-state index contributed by atoms with van der Waals surface area (Å²) in [5.41, 5.74) is 5.09. The Labute approximate surface area is 186 Å². The number of hydrogen-bond acceptors (Lipinski definition) is 4. The van der Waals surface area contributed by atoms with Crippen molar-refractivity contribution >= 4 is 11.9 Å². The third-order valence-corrected chi connectivity index (χ3v) is 5.19. The molecule has 6 heteroatoms. The van der Waals surface area contributed by atoms with Gasteiger partial charge in [0, 0.05) is 31.0 Å². The average molecular weight is 425 g/mol. The Morgan fingerprint density at radius 3 is 2.50 bits per heavy atom. The molecule has 1 amide bonds. The van der Waals surface area contributed by atoms with Crippen molar-refractivity contribution < 1.29 is 14.3 Å². The van der Waals surface area contributed by atoms with Crippen LogP contribution in [0, 0.1) is 0 Å². The molecule has 1 N–H and O–H groups in total. The molecule has 0 saturated heterocycles. The van der Waals surface area contributed by atoms with Crippen LogP contribution in [0.25, 0.3) is 11.1 Å². The van der Waals surface area contributed by atoms with Crippen molar-refractivity contribution in [1.82, 2.24) is 14.9 Å². The SMILES string of the molecule is COC(=O)c1cccc(C(=O)NCc2ccccc2-c2ccc(Cn3ccnc3)cc2)c1. The van der Waals surface area contributed by atoms with Crippen molar-refractivity contribution in [1.29, 1.82) is 0 Å². The molecule has 0 saturated carbocycles. The number of benzene rings is 3. The van der Waals surface area contributed by atoms with E-state index in [2.05, 4.69) is 34.6 Å². The molecule has 0 aliphatic carbocycles. The van der Waals surface area contributed by atoms with Crippen LogP contribution in [0.4, 0.5) is 0 Å². The number of ether oxygens (including phenoxy) is 1. The summed E-state index contributed by atoms with van der Waals surface area (Å²) in [6.07, 6.45) is 5.50. The average Bonchev–Trinajstić information content (AvgIpc) is 3.36. The van der Waals surface area contributed by atoms with Gasteiger partial charge in [0.25, 0.3) is 5.91 Å². The quantitative estimate of drug-likeness (QED) is 0.448. The number of amides is 1. The molecule has 0 unspecified atom stereocenters. The van der Waals surface area contributed by atoms with Gasteiger partial charge in [0.15, 0.2) is 0 Å². The molecule has 0 atom stereocenters. The van der Waals surface area contributed by atoms with Crippen LogP contribution in [0.3, 0.4) is 0 Å². The van der Waals surface area contributed by atoms with Crippen LogP contribution >= 0.6 is 0 Å². The summed E-state index contributed by atoms with van der Waals surface area (Å²) >= 11 is 0. The van der Waals surface area contributed by atoms with Crippen molar-refractivity contribution in [2.24, 2.45) is 0 Å².